The highest BCUT2D eigenvalue weighted by atomic mass is 32.1. The molecule has 0 saturated heterocycles. The highest BCUT2D eigenvalue weighted by Gasteiger charge is 2.18. The van der Waals surface area contributed by atoms with Crippen molar-refractivity contribution in [1.82, 2.24) is 4.98 Å². The summed E-state index contributed by atoms with van der Waals surface area (Å²) in [6, 6.07) is 0. The lowest BCUT2D eigenvalue weighted by Crippen LogP contribution is -2.27. The maximum Gasteiger partial charge on any atom is 0.186 e. The van der Waals surface area contributed by atoms with Gasteiger partial charge >= 0.3 is 0 Å². The van der Waals surface area contributed by atoms with E-state index < -0.39 is 0 Å². The van der Waals surface area contributed by atoms with Crippen LogP contribution in [0.15, 0.2) is 0 Å². The van der Waals surface area contributed by atoms with Gasteiger partial charge in [0, 0.05) is 19.7 Å². The Kier molecular flexibility index (Phi) is 7.02. The third-order valence-electron chi connectivity index (χ3n) is 3.22. The number of hydrogen-bond acceptors (Lipinski definition) is 5. The molecule has 0 amide bonds. The quantitative estimate of drug-likeness (QED) is 0.515. The van der Waals surface area contributed by atoms with Crippen LogP contribution in [-0.4, -0.2) is 37.6 Å². The molecule has 0 aliphatic rings. The van der Waals surface area contributed by atoms with Crippen molar-refractivity contribution in [3.8, 4) is 0 Å². The molecule has 0 aliphatic heterocycles. The zero-order chi connectivity index (χ0) is 14.3. The second-order valence-electron chi connectivity index (χ2n) is 4.45. The van der Waals surface area contributed by atoms with Crippen molar-refractivity contribution in [2.75, 3.05) is 31.2 Å². The number of nitrogens with zero attached hydrogens (tertiary/aromatic N) is 2. The third kappa shape index (κ3) is 4.28. The van der Waals surface area contributed by atoms with Crippen LogP contribution in [0.1, 0.15) is 55.4 Å². The molecular formula is C14H24N2O2S. The summed E-state index contributed by atoms with van der Waals surface area (Å²) < 4.78 is 5.38. The fraction of sp³-hybridized carbons (Fsp3) is 0.714. The minimum Gasteiger partial charge on any atom is -0.380 e. The summed E-state index contributed by atoms with van der Waals surface area (Å²) in [6.45, 7) is 11.4. The smallest absolute Gasteiger partial charge is 0.186 e. The zero-order valence-electron chi connectivity index (χ0n) is 12.3. The summed E-state index contributed by atoms with van der Waals surface area (Å²) in [7, 11) is 0. The number of carbonyl (C=O) groups excluding carboxylic acids is 1. The molecular weight excluding hydrogens is 260 g/mol. The first-order valence-electron chi connectivity index (χ1n) is 6.96. The van der Waals surface area contributed by atoms with E-state index in [4.69, 9.17) is 4.74 Å². The van der Waals surface area contributed by atoms with Crippen LogP contribution in [0.3, 0.4) is 0 Å². The Morgan fingerprint density at radius 3 is 2.68 bits per heavy atom. The van der Waals surface area contributed by atoms with Gasteiger partial charge in [-0.1, -0.05) is 25.2 Å². The largest absolute Gasteiger partial charge is 0.380 e. The van der Waals surface area contributed by atoms with E-state index in [0.717, 1.165) is 48.1 Å². The van der Waals surface area contributed by atoms with Crippen molar-refractivity contribution < 1.29 is 9.53 Å². The van der Waals surface area contributed by atoms with E-state index in [1.807, 2.05) is 6.92 Å². The molecule has 0 bridgehead atoms. The average Bonchev–Trinajstić information content (AvgIpc) is 2.86. The number of hydrogen-bond donors (Lipinski definition) is 0. The molecule has 1 rings (SSSR count). The number of carbonyl (C=O) groups is 1. The van der Waals surface area contributed by atoms with E-state index in [1.165, 1.54) is 11.3 Å². The predicted octanol–water partition coefficient (Wildman–Crippen LogP) is 3.33. The van der Waals surface area contributed by atoms with Gasteiger partial charge in [0.05, 0.1) is 17.2 Å². The molecule has 19 heavy (non-hydrogen) atoms. The number of likely N-dealkylation sites (N-methyl/N-ethyl adjacent to an activating group) is 1. The molecule has 0 radical (unpaired) electrons. The van der Waals surface area contributed by atoms with Gasteiger partial charge in [0.25, 0.3) is 0 Å². The predicted molar refractivity (Wildman–Crippen MR) is 80.6 cm³/mol. The molecule has 0 saturated carbocycles. The Morgan fingerprint density at radius 2 is 2.16 bits per heavy atom. The summed E-state index contributed by atoms with van der Waals surface area (Å²) in [5.41, 5.74) is 0.937. The third-order valence-corrected chi connectivity index (χ3v) is 4.28. The molecule has 0 aliphatic carbocycles. The van der Waals surface area contributed by atoms with E-state index in [2.05, 4.69) is 30.7 Å². The lowest BCUT2D eigenvalue weighted by atomic mass is 10.0. The summed E-state index contributed by atoms with van der Waals surface area (Å²) in [4.78, 5) is 18.7. The average molecular weight is 284 g/mol. The highest BCUT2D eigenvalue weighted by molar-refractivity contribution is 7.17. The maximum atomic E-state index is 11.2. The Bertz CT molecular complexity index is 393. The molecule has 0 fully saturated rings. The molecule has 1 atom stereocenters. The van der Waals surface area contributed by atoms with Gasteiger partial charge in [0.2, 0.25) is 0 Å². The van der Waals surface area contributed by atoms with Crippen LogP contribution in [0.5, 0.6) is 0 Å². The van der Waals surface area contributed by atoms with Crippen LogP contribution in [0.4, 0.5) is 5.13 Å². The minimum absolute atomic E-state index is 0.329. The fourth-order valence-corrected chi connectivity index (χ4v) is 2.90. The van der Waals surface area contributed by atoms with Crippen LogP contribution in [-0.2, 0) is 4.74 Å². The van der Waals surface area contributed by atoms with Gasteiger partial charge in [-0.2, -0.15) is 0 Å². The van der Waals surface area contributed by atoms with E-state index >= 15 is 0 Å². The second kappa shape index (κ2) is 8.27. The summed E-state index contributed by atoms with van der Waals surface area (Å²) in [5, 5.41) is 0.930. The topological polar surface area (TPSA) is 42.4 Å². The molecule has 1 heterocycles. The normalized spacial score (nSPS) is 12.4. The number of ether oxygens (including phenoxy) is 1. The van der Waals surface area contributed by atoms with Gasteiger partial charge in [-0.15, -0.1) is 0 Å². The molecule has 0 aromatic carbocycles. The number of rotatable bonds is 9. The molecule has 1 aromatic rings. The Labute approximate surface area is 119 Å². The van der Waals surface area contributed by atoms with Gasteiger partial charge in [-0.25, -0.2) is 4.98 Å². The van der Waals surface area contributed by atoms with Crippen molar-refractivity contribution in [3.05, 3.63) is 10.6 Å². The van der Waals surface area contributed by atoms with Crippen molar-refractivity contribution in [1.29, 1.82) is 0 Å². The standard InChI is InChI=1S/C14H24N2O2S/c1-5-11(4)13-12(10-17)19-14(15-13)16(6-2)8-9-18-7-3/h10-11H,5-9H2,1-4H3. The van der Waals surface area contributed by atoms with Crippen LogP contribution < -0.4 is 4.90 Å². The Hall–Kier alpha value is -0.940. The van der Waals surface area contributed by atoms with Crippen LogP contribution >= 0.6 is 11.3 Å². The number of aromatic nitrogens is 1. The molecule has 5 heteroatoms. The minimum atomic E-state index is 0.329. The summed E-state index contributed by atoms with van der Waals surface area (Å²) in [6.07, 6.45) is 1.92. The van der Waals surface area contributed by atoms with Gasteiger partial charge in [0.15, 0.2) is 11.4 Å². The zero-order valence-corrected chi connectivity index (χ0v) is 13.1. The van der Waals surface area contributed by atoms with Crippen molar-refractivity contribution in [3.63, 3.8) is 0 Å². The number of aldehydes is 1. The van der Waals surface area contributed by atoms with Gasteiger partial charge in [-0.3, -0.25) is 4.79 Å². The van der Waals surface area contributed by atoms with Crippen LogP contribution in [0, 0.1) is 0 Å². The van der Waals surface area contributed by atoms with Crippen LogP contribution in [0.2, 0.25) is 0 Å². The first-order chi connectivity index (χ1) is 9.17. The van der Waals surface area contributed by atoms with Crippen LogP contribution in [0.25, 0.3) is 0 Å². The lowest BCUT2D eigenvalue weighted by molar-refractivity contribution is 0.112. The molecule has 1 unspecified atom stereocenters. The van der Waals surface area contributed by atoms with E-state index in [1.54, 1.807) is 0 Å². The lowest BCUT2D eigenvalue weighted by Gasteiger charge is -2.19. The summed E-state index contributed by atoms with van der Waals surface area (Å²) in [5.74, 6) is 0.329. The second-order valence-corrected chi connectivity index (χ2v) is 5.46. The summed E-state index contributed by atoms with van der Waals surface area (Å²) >= 11 is 1.49. The molecule has 0 N–H and O–H groups in total. The fourth-order valence-electron chi connectivity index (χ4n) is 1.81. The Balaban J connectivity index is 2.86. The monoisotopic (exact) mass is 284 g/mol. The number of thiazole rings is 1. The van der Waals surface area contributed by atoms with Crippen molar-refractivity contribution >= 4 is 22.8 Å². The van der Waals surface area contributed by atoms with Gasteiger partial charge < -0.3 is 9.64 Å². The van der Waals surface area contributed by atoms with Crippen molar-refractivity contribution in [2.45, 2.75) is 40.0 Å². The van der Waals surface area contributed by atoms with Crippen molar-refractivity contribution in [2.24, 2.45) is 0 Å². The number of anilines is 1. The van der Waals surface area contributed by atoms with E-state index in [-0.39, 0.29) is 0 Å². The first kappa shape index (κ1) is 16.1. The van der Waals surface area contributed by atoms with Gasteiger partial charge in [0.1, 0.15) is 0 Å². The Morgan fingerprint density at radius 1 is 1.42 bits per heavy atom. The molecule has 108 valence electrons. The van der Waals surface area contributed by atoms with E-state index in [9.17, 15) is 4.79 Å². The first-order valence-corrected chi connectivity index (χ1v) is 7.78. The maximum absolute atomic E-state index is 11.2. The highest BCUT2D eigenvalue weighted by Crippen LogP contribution is 2.30. The molecule has 1 aromatic heterocycles. The molecule has 4 nitrogen and oxygen atoms in total. The van der Waals surface area contributed by atoms with Gasteiger partial charge in [-0.05, 0) is 26.2 Å². The SMILES string of the molecule is CCOCCN(CC)c1nc(C(C)CC)c(C=O)s1. The van der Waals surface area contributed by atoms with E-state index in [0.29, 0.717) is 12.5 Å². The molecule has 0 spiro atoms.